The van der Waals surface area contributed by atoms with Gasteiger partial charge in [0.05, 0.1) is 0 Å². The minimum absolute atomic E-state index is 0.730. The molecule has 0 saturated carbocycles. The number of piperidine rings is 1. The van der Waals surface area contributed by atoms with E-state index in [0.29, 0.717) is 0 Å². The summed E-state index contributed by atoms with van der Waals surface area (Å²) in [5.41, 5.74) is 0. The molecule has 0 N–H and O–H groups in total. The van der Waals surface area contributed by atoms with Crippen molar-refractivity contribution in [1.29, 1.82) is 0 Å². The van der Waals surface area contributed by atoms with Gasteiger partial charge in [0.25, 0.3) is 0 Å². The standard InChI is InChI=1S/C12H25N/c1-9(2)12-8-13(10(3)4)7-6-11(12)5/h9-12H,6-8H2,1-5H3/t11-,12?/m1/s1. The summed E-state index contributed by atoms with van der Waals surface area (Å²) in [5.74, 6) is 2.68. The fourth-order valence-corrected chi connectivity index (χ4v) is 2.46. The topological polar surface area (TPSA) is 3.24 Å². The summed E-state index contributed by atoms with van der Waals surface area (Å²) in [6.07, 6.45) is 1.39. The summed E-state index contributed by atoms with van der Waals surface area (Å²) in [5, 5.41) is 0. The summed E-state index contributed by atoms with van der Waals surface area (Å²) in [4.78, 5) is 2.63. The highest BCUT2D eigenvalue weighted by Crippen LogP contribution is 2.29. The van der Waals surface area contributed by atoms with Crippen LogP contribution in [0.2, 0.25) is 0 Å². The first-order valence-corrected chi connectivity index (χ1v) is 5.76. The smallest absolute Gasteiger partial charge is 0.00387 e. The van der Waals surface area contributed by atoms with Gasteiger partial charge in [-0.15, -0.1) is 0 Å². The minimum Gasteiger partial charge on any atom is -0.301 e. The van der Waals surface area contributed by atoms with Crippen LogP contribution in [0.4, 0.5) is 0 Å². The molecular weight excluding hydrogens is 158 g/mol. The van der Waals surface area contributed by atoms with Crippen molar-refractivity contribution in [3.63, 3.8) is 0 Å². The Hall–Kier alpha value is -0.0400. The molecule has 0 bridgehead atoms. The molecule has 0 aromatic carbocycles. The molecule has 1 aliphatic heterocycles. The second kappa shape index (κ2) is 4.45. The summed E-state index contributed by atoms with van der Waals surface area (Å²) < 4.78 is 0. The first-order valence-electron chi connectivity index (χ1n) is 5.76. The lowest BCUT2D eigenvalue weighted by atomic mass is 9.79. The second-order valence-corrected chi connectivity index (χ2v) is 5.26. The van der Waals surface area contributed by atoms with Crippen LogP contribution in [-0.4, -0.2) is 24.0 Å². The molecule has 2 atom stereocenters. The van der Waals surface area contributed by atoms with E-state index in [0.717, 1.165) is 23.8 Å². The first kappa shape index (κ1) is 11.0. The maximum Gasteiger partial charge on any atom is 0.00387 e. The molecule has 1 saturated heterocycles. The Balaban J connectivity index is 2.53. The average Bonchev–Trinajstić information content (AvgIpc) is 2.04. The molecule has 1 aliphatic rings. The van der Waals surface area contributed by atoms with Crippen LogP contribution >= 0.6 is 0 Å². The summed E-state index contributed by atoms with van der Waals surface area (Å²) in [6.45, 7) is 14.4. The molecule has 78 valence electrons. The predicted molar refractivity (Wildman–Crippen MR) is 58.8 cm³/mol. The van der Waals surface area contributed by atoms with Crippen molar-refractivity contribution in [1.82, 2.24) is 4.90 Å². The number of nitrogens with zero attached hydrogens (tertiary/aromatic N) is 1. The number of likely N-dealkylation sites (tertiary alicyclic amines) is 1. The van der Waals surface area contributed by atoms with Gasteiger partial charge in [-0.2, -0.15) is 0 Å². The van der Waals surface area contributed by atoms with Crippen molar-refractivity contribution in [2.45, 2.75) is 47.1 Å². The van der Waals surface area contributed by atoms with Crippen LogP contribution in [0.15, 0.2) is 0 Å². The van der Waals surface area contributed by atoms with Crippen molar-refractivity contribution < 1.29 is 0 Å². The molecule has 1 fully saturated rings. The molecule has 0 aliphatic carbocycles. The molecule has 13 heavy (non-hydrogen) atoms. The van der Waals surface area contributed by atoms with Gasteiger partial charge in [-0.25, -0.2) is 0 Å². The number of hydrogen-bond donors (Lipinski definition) is 0. The Bertz CT molecular complexity index is 151. The van der Waals surface area contributed by atoms with Gasteiger partial charge in [0.2, 0.25) is 0 Å². The third kappa shape index (κ3) is 2.70. The van der Waals surface area contributed by atoms with Gasteiger partial charge in [-0.1, -0.05) is 20.8 Å². The van der Waals surface area contributed by atoms with Crippen molar-refractivity contribution in [3.8, 4) is 0 Å². The molecule has 0 aromatic rings. The van der Waals surface area contributed by atoms with Gasteiger partial charge in [0, 0.05) is 12.6 Å². The highest BCUT2D eigenvalue weighted by atomic mass is 15.2. The summed E-state index contributed by atoms with van der Waals surface area (Å²) >= 11 is 0. The Morgan fingerprint density at radius 3 is 2.23 bits per heavy atom. The molecule has 0 aromatic heterocycles. The highest BCUT2D eigenvalue weighted by molar-refractivity contribution is 4.81. The van der Waals surface area contributed by atoms with Gasteiger partial charge < -0.3 is 4.90 Å². The molecule has 1 rings (SSSR count). The van der Waals surface area contributed by atoms with E-state index in [1.807, 2.05) is 0 Å². The highest BCUT2D eigenvalue weighted by Gasteiger charge is 2.28. The Kier molecular flexibility index (Phi) is 3.78. The van der Waals surface area contributed by atoms with Crippen LogP contribution in [0.5, 0.6) is 0 Å². The van der Waals surface area contributed by atoms with E-state index < -0.39 is 0 Å². The third-order valence-electron chi connectivity index (χ3n) is 3.63. The first-order chi connectivity index (χ1) is 6.02. The van der Waals surface area contributed by atoms with E-state index in [2.05, 4.69) is 39.5 Å². The van der Waals surface area contributed by atoms with Gasteiger partial charge in [-0.3, -0.25) is 0 Å². The lowest BCUT2D eigenvalue weighted by molar-refractivity contribution is 0.0758. The lowest BCUT2D eigenvalue weighted by Crippen LogP contribution is -2.44. The zero-order chi connectivity index (χ0) is 10.0. The van der Waals surface area contributed by atoms with E-state index >= 15 is 0 Å². The van der Waals surface area contributed by atoms with E-state index in [1.165, 1.54) is 19.5 Å². The van der Waals surface area contributed by atoms with Crippen LogP contribution in [0.25, 0.3) is 0 Å². The van der Waals surface area contributed by atoms with E-state index in [9.17, 15) is 0 Å². The van der Waals surface area contributed by atoms with Crippen LogP contribution in [0, 0.1) is 17.8 Å². The molecule has 0 radical (unpaired) electrons. The average molecular weight is 183 g/mol. The predicted octanol–water partition coefficient (Wildman–Crippen LogP) is 3.01. The normalized spacial score (nSPS) is 31.6. The number of rotatable bonds is 2. The van der Waals surface area contributed by atoms with Gasteiger partial charge in [0.1, 0.15) is 0 Å². The lowest BCUT2D eigenvalue weighted by Gasteiger charge is -2.41. The maximum absolute atomic E-state index is 2.63. The Morgan fingerprint density at radius 2 is 1.77 bits per heavy atom. The molecule has 1 unspecified atom stereocenters. The fourth-order valence-electron chi connectivity index (χ4n) is 2.46. The SMILES string of the molecule is CC(C)C1CN(C(C)C)CC[C@H]1C. The Morgan fingerprint density at radius 1 is 1.15 bits per heavy atom. The van der Waals surface area contributed by atoms with Gasteiger partial charge in [-0.05, 0) is 44.6 Å². The van der Waals surface area contributed by atoms with Crippen LogP contribution in [-0.2, 0) is 0 Å². The minimum atomic E-state index is 0.730. The van der Waals surface area contributed by atoms with E-state index in [4.69, 9.17) is 0 Å². The molecule has 1 heteroatoms. The molecule has 1 nitrogen and oxygen atoms in total. The largest absolute Gasteiger partial charge is 0.301 e. The van der Waals surface area contributed by atoms with E-state index in [-0.39, 0.29) is 0 Å². The van der Waals surface area contributed by atoms with Crippen molar-refractivity contribution in [2.75, 3.05) is 13.1 Å². The molecule has 0 amide bonds. The van der Waals surface area contributed by atoms with Crippen molar-refractivity contribution in [3.05, 3.63) is 0 Å². The second-order valence-electron chi connectivity index (χ2n) is 5.26. The van der Waals surface area contributed by atoms with Crippen LogP contribution in [0.3, 0.4) is 0 Å². The van der Waals surface area contributed by atoms with Crippen LogP contribution < -0.4 is 0 Å². The number of hydrogen-bond acceptors (Lipinski definition) is 1. The van der Waals surface area contributed by atoms with Crippen molar-refractivity contribution >= 4 is 0 Å². The quantitative estimate of drug-likeness (QED) is 0.636. The van der Waals surface area contributed by atoms with Gasteiger partial charge in [0.15, 0.2) is 0 Å². The molecule has 0 spiro atoms. The zero-order valence-corrected chi connectivity index (χ0v) is 9.88. The van der Waals surface area contributed by atoms with Crippen molar-refractivity contribution in [2.24, 2.45) is 17.8 Å². The van der Waals surface area contributed by atoms with Crippen LogP contribution in [0.1, 0.15) is 41.0 Å². The van der Waals surface area contributed by atoms with E-state index in [1.54, 1.807) is 0 Å². The summed E-state index contributed by atoms with van der Waals surface area (Å²) in [6, 6.07) is 0.730. The Labute approximate surface area is 83.5 Å². The zero-order valence-electron chi connectivity index (χ0n) is 9.88. The molecule has 1 heterocycles. The fraction of sp³-hybridized carbons (Fsp3) is 1.00. The molecular formula is C12H25N. The van der Waals surface area contributed by atoms with Gasteiger partial charge >= 0.3 is 0 Å². The summed E-state index contributed by atoms with van der Waals surface area (Å²) in [7, 11) is 0. The monoisotopic (exact) mass is 183 g/mol. The maximum atomic E-state index is 2.63. The third-order valence-corrected chi connectivity index (χ3v) is 3.63.